The second kappa shape index (κ2) is 4.76. The molecule has 3 aliphatic rings. The molecular weight excluding hydrogens is 304 g/mol. The van der Waals surface area contributed by atoms with Crippen LogP contribution in [0.2, 0.25) is 0 Å². The zero-order valence-corrected chi connectivity index (χ0v) is 13.3. The van der Waals surface area contributed by atoms with Gasteiger partial charge in [-0.05, 0) is 47.4 Å². The fourth-order valence-electron chi connectivity index (χ4n) is 4.26. The Balaban J connectivity index is 2.04. The van der Waals surface area contributed by atoms with Gasteiger partial charge in [0.2, 0.25) is 0 Å². The van der Waals surface area contributed by atoms with Crippen LogP contribution in [0.15, 0.2) is 22.2 Å². The highest BCUT2D eigenvalue weighted by Crippen LogP contribution is 2.52. The number of hydrogen-bond acceptors (Lipinski definition) is 2. The topological polar surface area (TPSA) is 26.3 Å². The number of halogens is 1. The quantitative estimate of drug-likeness (QED) is 0.498. The largest absolute Gasteiger partial charge is 0.465 e. The van der Waals surface area contributed by atoms with Crippen molar-refractivity contribution in [3.8, 4) is 0 Å². The Morgan fingerprint density at radius 2 is 2.05 bits per heavy atom. The average molecular weight is 325 g/mol. The number of ether oxygens (including phenoxy) is 1. The second-order valence-electron chi connectivity index (χ2n) is 6.52. The zero-order chi connectivity index (χ0) is 13.7. The molecule has 1 unspecified atom stereocenters. The van der Waals surface area contributed by atoms with E-state index in [0.29, 0.717) is 36.2 Å². The van der Waals surface area contributed by atoms with Crippen molar-refractivity contribution >= 4 is 21.9 Å². The van der Waals surface area contributed by atoms with Crippen molar-refractivity contribution in [2.75, 3.05) is 6.61 Å². The smallest absolute Gasteiger partial charge is 0.309 e. The summed E-state index contributed by atoms with van der Waals surface area (Å²) in [6.07, 6.45) is 5.70. The van der Waals surface area contributed by atoms with Gasteiger partial charge in [0.05, 0.1) is 12.5 Å². The molecule has 0 aromatic carbocycles. The molecule has 3 rings (SSSR count). The van der Waals surface area contributed by atoms with Crippen LogP contribution in [-0.4, -0.2) is 12.6 Å². The lowest BCUT2D eigenvalue weighted by molar-refractivity contribution is -0.165. The van der Waals surface area contributed by atoms with E-state index in [1.165, 1.54) is 10.1 Å². The summed E-state index contributed by atoms with van der Waals surface area (Å²) < 4.78 is 6.72. The van der Waals surface area contributed by atoms with Crippen molar-refractivity contribution < 1.29 is 9.53 Å². The van der Waals surface area contributed by atoms with Crippen LogP contribution in [0.1, 0.15) is 27.2 Å². The van der Waals surface area contributed by atoms with Crippen LogP contribution in [0.5, 0.6) is 0 Å². The van der Waals surface area contributed by atoms with Crippen molar-refractivity contribution in [1.82, 2.24) is 0 Å². The highest BCUT2D eigenvalue weighted by molar-refractivity contribution is 9.11. The average Bonchev–Trinajstić information content (AvgIpc) is 2.34. The Morgan fingerprint density at radius 3 is 2.79 bits per heavy atom. The summed E-state index contributed by atoms with van der Waals surface area (Å²) in [6.45, 7) is 7.20. The second-order valence-corrected chi connectivity index (χ2v) is 7.44. The summed E-state index contributed by atoms with van der Waals surface area (Å²) in [5.41, 5.74) is 1.44. The van der Waals surface area contributed by atoms with Crippen LogP contribution in [0.4, 0.5) is 0 Å². The van der Waals surface area contributed by atoms with E-state index >= 15 is 0 Å². The number of esters is 1. The standard InChI is InChI=1S/C16H21BrO2/c1-8-4-9(2)14-12(5-8)13(17)6-11-10(3)7-19-16(18)15(11)14/h4,6,9-12,14-15H,5,7H2,1-3H3/t9-,10?,11+,12+,14-,15-/m1/s1. The van der Waals surface area contributed by atoms with E-state index in [0.717, 1.165) is 6.42 Å². The van der Waals surface area contributed by atoms with Gasteiger partial charge in [-0.3, -0.25) is 4.79 Å². The number of carbonyl (C=O) groups is 1. The summed E-state index contributed by atoms with van der Waals surface area (Å²) in [5.74, 6) is 2.14. The summed E-state index contributed by atoms with van der Waals surface area (Å²) in [7, 11) is 0. The zero-order valence-electron chi connectivity index (χ0n) is 11.7. The van der Waals surface area contributed by atoms with Gasteiger partial charge in [-0.15, -0.1) is 0 Å². The van der Waals surface area contributed by atoms with Gasteiger partial charge in [-0.25, -0.2) is 0 Å². The SMILES string of the molecule is CC1=C[C@@H](C)[C@H]2[C@@H]3C(=O)OCC(C)[C@@H]3C=C(Br)[C@@H]2C1. The van der Waals surface area contributed by atoms with Gasteiger partial charge in [0.15, 0.2) is 0 Å². The molecule has 3 heteroatoms. The molecule has 0 bridgehead atoms. The van der Waals surface area contributed by atoms with Crippen molar-refractivity contribution in [1.29, 1.82) is 0 Å². The van der Waals surface area contributed by atoms with E-state index in [9.17, 15) is 4.79 Å². The van der Waals surface area contributed by atoms with E-state index in [-0.39, 0.29) is 11.9 Å². The first-order valence-corrected chi connectivity index (χ1v) is 7.99. The van der Waals surface area contributed by atoms with Crippen LogP contribution in [0.3, 0.4) is 0 Å². The Morgan fingerprint density at radius 1 is 1.32 bits per heavy atom. The lowest BCUT2D eigenvalue weighted by Gasteiger charge is -2.48. The minimum Gasteiger partial charge on any atom is -0.465 e. The van der Waals surface area contributed by atoms with Crippen molar-refractivity contribution in [3.63, 3.8) is 0 Å². The van der Waals surface area contributed by atoms with Crippen molar-refractivity contribution in [3.05, 3.63) is 22.2 Å². The Labute approximate surface area is 123 Å². The number of allylic oxidation sites excluding steroid dienone is 4. The molecule has 0 radical (unpaired) electrons. The molecule has 2 aliphatic carbocycles. The number of hydrogen-bond donors (Lipinski definition) is 0. The highest BCUT2D eigenvalue weighted by atomic mass is 79.9. The molecule has 2 nitrogen and oxygen atoms in total. The van der Waals surface area contributed by atoms with Gasteiger partial charge in [-0.1, -0.05) is 47.5 Å². The van der Waals surface area contributed by atoms with Crippen molar-refractivity contribution in [2.45, 2.75) is 27.2 Å². The van der Waals surface area contributed by atoms with Gasteiger partial charge in [0.1, 0.15) is 0 Å². The van der Waals surface area contributed by atoms with Crippen LogP contribution in [-0.2, 0) is 9.53 Å². The molecule has 6 atom stereocenters. The molecular formula is C16H21BrO2. The molecule has 0 N–H and O–H groups in total. The highest BCUT2D eigenvalue weighted by Gasteiger charge is 2.50. The number of carbonyl (C=O) groups excluding carboxylic acids is 1. The van der Waals surface area contributed by atoms with Crippen molar-refractivity contribution in [2.24, 2.45) is 35.5 Å². The van der Waals surface area contributed by atoms with Gasteiger partial charge in [-0.2, -0.15) is 0 Å². The molecule has 0 amide bonds. The van der Waals surface area contributed by atoms with Crippen LogP contribution >= 0.6 is 15.9 Å². The first-order chi connectivity index (χ1) is 8.99. The van der Waals surface area contributed by atoms with E-state index in [1.807, 2.05) is 0 Å². The lowest BCUT2D eigenvalue weighted by Crippen LogP contribution is -2.48. The molecule has 0 spiro atoms. The van der Waals surface area contributed by atoms with Gasteiger partial charge in [0.25, 0.3) is 0 Å². The summed E-state index contributed by atoms with van der Waals surface area (Å²) in [6, 6.07) is 0. The number of rotatable bonds is 0. The van der Waals surface area contributed by atoms with Gasteiger partial charge in [0, 0.05) is 0 Å². The predicted molar refractivity (Wildman–Crippen MR) is 78.6 cm³/mol. The minimum absolute atomic E-state index is 0.0224. The molecule has 1 heterocycles. The number of cyclic esters (lactones) is 1. The summed E-state index contributed by atoms with van der Waals surface area (Å²) in [4.78, 5) is 12.3. The summed E-state index contributed by atoms with van der Waals surface area (Å²) >= 11 is 3.78. The van der Waals surface area contributed by atoms with Gasteiger partial charge < -0.3 is 4.74 Å². The molecule has 0 aromatic rings. The van der Waals surface area contributed by atoms with E-state index < -0.39 is 0 Å². The fourth-order valence-corrected chi connectivity index (χ4v) is 5.03. The Bertz CT molecular complexity index is 465. The maximum atomic E-state index is 12.3. The maximum absolute atomic E-state index is 12.3. The minimum atomic E-state index is 0.0224. The summed E-state index contributed by atoms with van der Waals surface area (Å²) in [5, 5.41) is 0. The molecule has 1 saturated heterocycles. The fraction of sp³-hybridized carbons (Fsp3) is 0.688. The Kier molecular flexibility index (Phi) is 3.36. The first kappa shape index (κ1) is 13.4. The third kappa shape index (κ3) is 2.10. The third-order valence-corrected chi connectivity index (χ3v) is 5.97. The van der Waals surface area contributed by atoms with Crippen LogP contribution < -0.4 is 0 Å². The predicted octanol–water partition coefficient (Wildman–Crippen LogP) is 3.92. The monoisotopic (exact) mass is 324 g/mol. The molecule has 0 saturated carbocycles. The first-order valence-electron chi connectivity index (χ1n) is 7.20. The molecule has 1 aliphatic heterocycles. The molecule has 1 fully saturated rings. The van der Waals surface area contributed by atoms with Crippen LogP contribution in [0.25, 0.3) is 0 Å². The van der Waals surface area contributed by atoms with E-state index in [2.05, 4.69) is 48.9 Å². The van der Waals surface area contributed by atoms with Gasteiger partial charge >= 0.3 is 5.97 Å². The lowest BCUT2D eigenvalue weighted by atomic mass is 9.59. The van der Waals surface area contributed by atoms with E-state index in [4.69, 9.17) is 4.74 Å². The van der Waals surface area contributed by atoms with E-state index in [1.54, 1.807) is 0 Å². The van der Waals surface area contributed by atoms with Crippen LogP contribution in [0, 0.1) is 35.5 Å². The maximum Gasteiger partial charge on any atom is 0.309 e. The molecule has 104 valence electrons. The molecule has 0 aromatic heterocycles. The Hall–Kier alpha value is -0.570. The molecule has 19 heavy (non-hydrogen) atoms. The third-order valence-electron chi connectivity index (χ3n) is 5.11. The number of fused-ring (bicyclic) bond motifs is 3. The normalized spacial score (nSPS) is 45.6.